The minimum absolute atomic E-state index is 0.921. The molecule has 82 heavy (non-hydrogen) atoms. The number of nitrogens with one attached hydrogen (secondary N) is 2. The number of ether oxygens (including phenoxy) is 12. The number of hydrogen-bond donors (Lipinski definition) is 22. The molecule has 0 radical (unpaired) electrons. The van der Waals surface area contributed by atoms with E-state index in [9.17, 15) is 112 Å². The van der Waals surface area contributed by atoms with Gasteiger partial charge in [0.2, 0.25) is 11.8 Å². The van der Waals surface area contributed by atoms with Gasteiger partial charge in [-0.25, -0.2) is 0 Å². The third kappa shape index (κ3) is 15.1. The molecule has 36 nitrogen and oxygen atoms in total. The Kier molecular flexibility index (Phi) is 25.2. The van der Waals surface area contributed by atoms with Crippen LogP contribution in [0, 0.1) is 0 Å². The summed E-state index contributed by atoms with van der Waals surface area (Å²) >= 11 is 0. The van der Waals surface area contributed by atoms with Gasteiger partial charge in [0.05, 0.1) is 51.8 Å². The van der Waals surface area contributed by atoms with E-state index in [0.717, 1.165) is 13.8 Å². The second-order valence-electron chi connectivity index (χ2n) is 20.8. The molecule has 478 valence electrons. The molecule has 6 heterocycles. The van der Waals surface area contributed by atoms with Crippen molar-refractivity contribution in [3.8, 4) is 0 Å². The van der Waals surface area contributed by atoms with Gasteiger partial charge in [-0.2, -0.15) is 0 Å². The number of carbonyl (C=O) groups excluding carboxylic acids is 2. The molecule has 0 spiro atoms. The van der Waals surface area contributed by atoms with Crippen LogP contribution in [-0.4, -0.2) is 362 Å². The van der Waals surface area contributed by atoms with E-state index in [1.165, 1.54) is 13.8 Å². The van der Waals surface area contributed by atoms with Gasteiger partial charge in [-0.1, -0.05) is 0 Å². The zero-order valence-electron chi connectivity index (χ0n) is 44.5. The lowest BCUT2D eigenvalue weighted by Crippen LogP contribution is -2.72. The van der Waals surface area contributed by atoms with Gasteiger partial charge in [0.25, 0.3) is 0 Å². The van der Waals surface area contributed by atoms with Gasteiger partial charge in [-0.3, -0.25) is 9.59 Å². The normalized spacial score (nSPS) is 47.2. The molecule has 6 saturated heterocycles. The molecule has 0 aliphatic carbocycles. The van der Waals surface area contributed by atoms with Gasteiger partial charge in [0, 0.05) is 13.8 Å². The van der Waals surface area contributed by atoms with Crippen molar-refractivity contribution in [2.75, 3.05) is 39.6 Å². The van der Waals surface area contributed by atoms with Gasteiger partial charge in [-0.15, -0.1) is 0 Å². The summed E-state index contributed by atoms with van der Waals surface area (Å²) in [6.45, 7) is -2.12. The standard InChI is InChI=1S/C46H80N2O34/c1-11-23(59)28(64)31(67)43(71-11)80-38-21(47-13(3)55)41(77-35(16(58)6-50)25(61)15(57)5-49)75-20(10-54)37(38)79-46-34(70)40(27(63)18(8-52)74-46)82-42-22(48-14(4)56)39(81-44-32(68)29(65)24(60)12(2)72-44)36(19(9-53)76-42)78-45-33(69)30(66)26(62)17(7-51)73-45/h11-12,15-46,49-54,57-70H,5-10H2,1-4H3,(H,47,55)(H,48,56)/t11-,12-,15+,16-,17+,18+,19+,20+,21+,22+,23+,24+,25+,26-,27-,28+,29+,30-,31-,32-,33+,34+,35+,36+,37+,38+,39+,40-,41-,42-,43-,44-,45-,46-/m0/s1. The molecule has 0 aromatic rings. The third-order valence-electron chi connectivity index (χ3n) is 14.9. The molecule has 0 aromatic carbocycles. The maximum Gasteiger partial charge on any atom is 0.217 e. The summed E-state index contributed by atoms with van der Waals surface area (Å²) in [5.41, 5.74) is 0. The Morgan fingerprint density at radius 2 is 0.732 bits per heavy atom. The van der Waals surface area contributed by atoms with Crippen LogP contribution in [0.25, 0.3) is 0 Å². The predicted octanol–water partition coefficient (Wildman–Crippen LogP) is -14.3. The summed E-state index contributed by atoms with van der Waals surface area (Å²) in [6, 6.07) is -3.78. The van der Waals surface area contributed by atoms with E-state index in [1.54, 1.807) is 0 Å². The molecule has 6 fully saturated rings. The number of rotatable bonds is 23. The Labute approximate surface area is 466 Å². The molecular weight excluding hydrogens is 1120 g/mol. The minimum atomic E-state index is -2.38. The van der Waals surface area contributed by atoms with E-state index >= 15 is 0 Å². The Balaban J connectivity index is 1.40. The fourth-order valence-electron chi connectivity index (χ4n) is 10.3. The lowest BCUT2D eigenvalue weighted by molar-refractivity contribution is -0.395. The summed E-state index contributed by atoms with van der Waals surface area (Å²) in [6.07, 6.45) is -62.7. The van der Waals surface area contributed by atoms with E-state index in [4.69, 9.17) is 56.8 Å². The zero-order valence-corrected chi connectivity index (χ0v) is 44.5. The van der Waals surface area contributed by atoms with E-state index in [0.29, 0.717) is 0 Å². The Hall–Kier alpha value is -2.34. The fourth-order valence-corrected chi connectivity index (χ4v) is 10.3. The van der Waals surface area contributed by atoms with Crippen molar-refractivity contribution in [3.05, 3.63) is 0 Å². The highest BCUT2D eigenvalue weighted by Crippen LogP contribution is 2.39. The van der Waals surface area contributed by atoms with Crippen molar-refractivity contribution in [2.24, 2.45) is 0 Å². The van der Waals surface area contributed by atoms with Gasteiger partial charge < -0.3 is 170 Å². The highest BCUT2D eigenvalue weighted by atomic mass is 16.8. The zero-order chi connectivity index (χ0) is 60.9. The molecular formula is C46H80N2O34. The quantitative estimate of drug-likeness (QED) is 0.0452. The van der Waals surface area contributed by atoms with Crippen molar-refractivity contribution >= 4 is 11.8 Å². The smallest absolute Gasteiger partial charge is 0.217 e. The molecule has 6 aliphatic rings. The maximum absolute atomic E-state index is 13.1. The topological polar surface area (TPSA) is 574 Å². The van der Waals surface area contributed by atoms with Crippen molar-refractivity contribution < 1.29 is 169 Å². The monoisotopic (exact) mass is 1200 g/mol. The molecule has 0 saturated carbocycles. The van der Waals surface area contributed by atoms with E-state index in [2.05, 4.69) is 10.6 Å². The van der Waals surface area contributed by atoms with Crippen molar-refractivity contribution in [1.82, 2.24) is 10.6 Å². The molecule has 22 N–H and O–H groups in total. The lowest BCUT2D eigenvalue weighted by atomic mass is 9.93. The third-order valence-corrected chi connectivity index (χ3v) is 14.9. The summed E-state index contributed by atoms with van der Waals surface area (Å²) in [4.78, 5) is 26.1. The summed E-state index contributed by atoms with van der Waals surface area (Å²) in [7, 11) is 0. The Morgan fingerprint density at radius 3 is 1.15 bits per heavy atom. The summed E-state index contributed by atoms with van der Waals surface area (Å²) in [5, 5.41) is 220. The van der Waals surface area contributed by atoms with Crippen LogP contribution >= 0.6 is 0 Å². The molecule has 0 bridgehead atoms. The number of hydrogen-bond acceptors (Lipinski definition) is 34. The second kappa shape index (κ2) is 30.0. The van der Waals surface area contributed by atoms with E-state index in [1.807, 2.05) is 0 Å². The Morgan fingerprint density at radius 1 is 0.390 bits per heavy atom. The number of aliphatic hydroxyl groups is 20. The molecule has 6 rings (SSSR count). The van der Waals surface area contributed by atoms with Crippen LogP contribution in [0.15, 0.2) is 0 Å². The Bertz CT molecular complexity index is 1980. The highest BCUT2D eigenvalue weighted by molar-refractivity contribution is 5.73. The van der Waals surface area contributed by atoms with Crippen LogP contribution in [0.2, 0.25) is 0 Å². The van der Waals surface area contributed by atoms with Crippen molar-refractivity contribution in [2.45, 2.75) is 236 Å². The molecule has 2 amide bonds. The number of aliphatic hydroxyl groups excluding tert-OH is 20. The molecule has 6 aliphatic heterocycles. The number of amides is 2. The summed E-state index contributed by atoms with van der Waals surface area (Å²) in [5.74, 6) is -1.85. The van der Waals surface area contributed by atoms with Crippen molar-refractivity contribution in [3.63, 3.8) is 0 Å². The predicted molar refractivity (Wildman–Crippen MR) is 254 cm³/mol. The first kappa shape index (κ1) is 68.8. The number of carbonyl (C=O) groups is 2. The minimum Gasteiger partial charge on any atom is -0.394 e. The van der Waals surface area contributed by atoms with Crippen LogP contribution in [0.1, 0.15) is 27.7 Å². The van der Waals surface area contributed by atoms with Crippen LogP contribution in [0.4, 0.5) is 0 Å². The van der Waals surface area contributed by atoms with E-state index in [-0.39, 0.29) is 0 Å². The highest BCUT2D eigenvalue weighted by Gasteiger charge is 2.59. The van der Waals surface area contributed by atoms with Crippen LogP contribution < -0.4 is 10.6 Å². The van der Waals surface area contributed by atoms with Crippen LogP contribution in [0.5, 0.6) is 0 Å². The second-order valence-corrected chi connectivity index (χ2v) is 20.8. The van der Waals surface area contributed by atoms with Gasteiger partial charge in [0.1, 0.15) is 159 Å². The first-order chi connectivity index (χ1) is 38.7. The van der Waals surface area contributed by atoms with Crippen LogP contribution in [0.3, 0.4) is 0 Å². The van der Waals surface area contributed by atoms with Crippen molar-refractivity contribution in [1.29, 1.82) is 0 Å². The first-order valence-corrected chi connectivity index (χ1v) is 26.3. The molecule has 36 heteroatoms. The molecule has 0 aromatic heterocycles. The fraction of sp³-hybridized carbons (Fsp3) is 0.957. The van der Waals surface area contributed by atoms with Gasteiger partial charge >= 0.3 is 0 Å². The lowest BCUT2D eigenvalue weighted by Gasteiger charge is -2.52. The largest absolute Gasteiger partial charge is 0.394 e. The average molecular weight is 1210 g/mol. The SMILES string of the molecule is CC(=O)N[C@H]1[C@H](O[C@H]2[C@@H](O)[C@@H](CO)O[C@@H](O[C@H]3[C@H](O[C@@H]4O[C@@H](C)[C@@H](O)[C@@H](O)[C@@H]4O)[C@@H](NC(C)=O)[C@H](O[C@@H]([C@H](O)[C@H](O)CO)[C@@H](O)CO)O[C@@H]3CO)[C@@H]2O)O[C@H](CO)[C@@H](O[C@@H]2O[C@H](CO)[C@H](O)[C@H](O)[C@H]2O)[C@@H]1O[C@@H]1O[C@@H](C)[C@@H](O)[C@@H](O)[C@@H]1O. The average Bonchev–Trinajstić information content (AvgIpc) is 2.35. The maximum atomic E-state index is 13.1. The van der Waals surface area contributed by atoms with Crippen LogP contribution in [-0.2, 0) is 66.4 Å². The molecule has 34 atom stereocenters. The van der Waals surface area contributed by atoms with E-state index < -0.39 is 260 Å². The molecule has 0 unspecified atom stereocenters. The van der Waals surface area contributed by atoms with Gasteiger partial charge in [0.15, 0.2) is 37.7 Å². The summed E-state index contributed by atoms with van der Waals surface area (Å²) < 4.78 is 71.5. The van der Waals surface area contributed by atoms with Gasteiger partial charge in [-0.05, 0) is 13.8 Å². The first-order valence-electron chi connectivity index (χ1n) is 26.3.